The van der Waals surface area contributed by atoms with Crippen LogP contribution < -0.4 is 15.2 Å². The normalized spacial score (nSPS) is 10.6. The zero-order chi connectivity index (χ0) is 21.0. The van der Waals surface area contributed by atoms with Crippen LogP contribution in [-0.2, 0) is 4.74 Å². The van der Waals surface area contributed by atoms with E-state index in [1.54, 1.807) is 42.6 Å². The summed E-state index contributed by atoms with van der Waals surface area (Å²) in [5.74, 6) is 0.870. The van der Waals surface area contributed by atoms with Crippen LogP contribution in [0.25, 0.3) is 10.9 Å². The maximum Gasteiger partial charge on any atom is 0.341 e. The summed E-state index contributed by atoms with van der Waals surface area (Å²) in [6, 6.07) is 10.0. The molecule has 3 aromatic rings. The minimum absolute atomic E-state index is 0.275. The van der Waals surface area contributed by atoms with Crippen molar-refractivity contribution in [2.75, 3.05) is 19.5 Å². The number of anilines is 1. The van der Waals surface area contributed by atoms with Gasteiger partial charge in [-0.05, 0) is 36.3 Å². The van der Waals surface area contributed by atoms with Crippen molar-refractivity contribution in [1.29, 1.82) is 0 Å². The molecular weight excluding hydrogens is 392 g/mol. The monoisotopic (exact) mass is 412 g/mol. The first-order valence-corrected chi connectivity index (χ1v) is 9.34. The van der Waals surface area contributed by atoms with Gasteiger partial charge < -0.3 is 19.9 Å². The fourth-order valence-corrected chi connectivity index (χ4v) is 2.78. The van der Waals surface area contributed by atoms with E-state index in [1.807, 2.05) is 6.92 Å². The van der Waals surface area contributed by atoms with Crippen LogP contribution in [0.1, 0.15) is 23.7 Å². The van der Waals surface area contributed by atoms with E-state index in [2.05, 4.69) is 11.6 Å². The molecule has 0 aliphatic rings. The third-order valence-corrected chi connectivity index (χ3v) is 4.67. The lowest BCUT2D eigenvalue weighted by Gasteiger charge is -2.14. The second-order valence-corrected chi connectivity index (χ2v) is 6.75. The summed E-state index contributed by atoms with van der Waals surface area (Å²) >= 11 is 6.07. The molecular formula is C22H21ClN2O4. The summed E-state index contributed by atoms with van der Waals surface area (Å²) in [4.78, 5) is 16.7. The summed E-state index contributed by atoms with van der Waals surface area (Å²) in [6.45, 7) is 6.21. The fourth-order valence-electron chi connectivity index (χ4n) is 2.61. The van der Waals surface area contributed by atoms with Crippen molar-refractivity contribution in [2.45, 2.75) is 13.3 Å². The Kier molecular flexibility index (Phi) is 6.24. The van der Waals surface area contributed by atoms with E-state index in [1.165, 1.54) is 7.11 Å². The molecule has 0 radical (unpaired) electrons. The van der Waals surface area contributed by atoms with Crippen molar-refractivity contribution >= 4 is 34.2 Å². The zero-order valence-corrected chi connectivity index (χ0v) is 17.0. The van der Waals surface area contributed by atoms with Crippen molar-refractivity contribution in [1.82, 2.24) is 4.98 Å². The first kappa shape index (κ1) is 20.5. The molecule has 0 aliphatic heterocycles. The lowest BCUT2D eigenvalue weighted by Crippen LogP contribution is -2.08. The van der Waals surface area contributed by atoms with E-state index < -0.39 is 5.97 Å². The van der Waals surface area contributed by atoms with Crippen LogP contribution in [0.2, 0.25) is 5.02 Å². The summed E-state index contributed by atoms with van der Waals surface area (Å²) in [6.07, 6.45) is 2.39. The van der Waals surface area contributed by atoms with Gasteiger partial charge in [0, 0.05) is 23.7 Å². The maximum atomic E-state index is 12.3. The highest BCUT2D eigenvalue weighted by Gasteiger charge is 2.18. The molecule has 0 bridgehead atoms. The quantitative estimate of drug-likeness (QED) is 0.318. The highest BCUT2D eigenvalue weighted by Crippen LogP contribution is 2.35. The first-order valence-electron chi connectivity index (χ1n) is 8.96. The number of ether oxygens (including phenoxy) is 3. The van der Waals surface area contributed by atoms with E-state index in [9.17, 15) is 4.79 Å². The molecule has 0 aliphatic carbocycles. The van der Waals surface area contributed by atoms with Crippen molar-refractivity contribution in [2.24, 2.45) is 0 Å². The van der Waals surface area contributed by atoms with Gasteiger partial charge in [0.1, 0.15) is 29.4 Å². The van der Waals surface area contributed by atoms with E-state index in [0.29, 0.717) is 45.5 Å². The molecule has 2 N–H and O–H groups in total. The first-order chi connectivity index (χ1) is 13.9. The van der Waals surface area contributed by atoms with Crippen LogP contribution in [0.3, 0.4) is 0 Å². The molecule has 2 aromatic carbocycles. The Balaban J connectivity index is 2.05. The number of rotatable bonds is 7. The van der Waals surface area contributed by atoms with Gasteiger partial charge >= 0.3 is 5.97 Å². The number of halogens is 1. The van der Waals surface area contributed by atoms with Gasteiger partial charge in [0.05, 0.1) is 23.3 Å². The molecule has 0 unspecified atom stereocenters. The van der Waals surface area contributed by atoms with Crippen LogP contribution in [-0.4, -0.2) is 24.7 Å². The number of nitrogens with zero attached hydrogens (tertiary/aromatic N) is 1. The standard InChI is InChI=1S/C22H21ClN2O4/c1-4-13(2)12-28-21-11-19-15(10-16(21)22(26)27-3)20(7-8-25-19)29-14-5-6-18(24)17(23)9-14/h5-11H,2,4,12,24H2,1,3H3. The smallest absolute Gasteiger partial charge is 0.341 e. The van der Waals surface area contributed by atoms with Gasteiger partial charge in [-0.15, -0.1) is 0 Å². The highest BCUT2D eigenvalue weighted by molar-refractivity contribution is 6.33. The van der Waals surface area contributed by atoms with Gasteiger partial charge in [0.15, 0.2) is 0 Å². The number of hydrogen-bond donors (Lipinski definition) is 1. The average Bonchev–Trinajstić information content (AvgIpc) is 2.73. The lowest BCUT2D eigenvalue weighted by atomic mass is 10.1. The molecule has 1 heterocycles. The predicted octanol–water partition coefficient (Wildman–Crippen LogP) is 5.39. The molecule has 0 amide bonds. The highest BCUT2D eigenvalue weighted by atomic mass is 35.5. The summed E-state index contributed by atoms with van der Waals surface area (Å²) < 4.78 is 16.7. The van der Waals surface area contributed by atoms with Crippen LogP contribution in [0.5, 0.6) is 17.2 Å². The van der Waals surface area contributed by atoms with Gasteiger partial charge in [0.25, 0.3) is 0 Å². The minimum atomic E-state index is -0.519. The molecule has 6 nitrogen and oxygen atoms in total. The molecule has 7 heteroatoms. The number of hydrogen-bond acceptors (Lipinski definition) is 6. The molecule has 1 aromatic heterocycles. The second-order valence-electron chi connectivity index (χ2n) is 6.34. The molecule has 0 spiro atoms. The third kappa shape index (κ3) is 4.60. The Hall–Kier alpha value is -3.25. The number of pyridine rings is 1. The number of esters is 1. The lowest BCUT2D eigenvalue weighted by molar-refractivity contribution is 0.0596. The third-order valence-electron chi connectivity index (χ3n) is 4.34. The molecule has 0 saturated heterocycles. The molecule has 0 atom stereocenters. The second kappa shape index (κ2) is 8.84. The van der Waals surface area contributed by atoms with Crippen LogP contribution in [0, 0.1) is 0 Å². The summed E-state index contributed by atoms with van der Waals surface area (Å²) in [5, 5.41) is 1.02. The Bertz CT molecular complexity index is 1080. The van der Waals surface area contributed by atoms with Crippen molar-refractivity contribution in [3.63, 3.8) is 0 Å². The molecule has 29 heavy (non-hydrogen) atoms. The largest absolute Gasteiger partial charge is 0.488 e. The van der Waals surface area contributed by atoms with Crippen LogP contribution in [0.15, 0.2) is 54.7 Å². The van der Waals surface area contributed by atoms with Gasteiger partial charge in [0.2, 0.25) is 0 Å². The number of nitrogen functional groups attached to an aromatic ring is 1. The van der Waals surface area contributed by atoms with E-state index in [4.69, 9.17) is 31.5 Å². The summed E-state index contributed by atoms with van der Waals surface area (Å²) in [7, 11) is 1.32. The van der Waals surface area contributed by atoms with Crippen molar-refractivity contribution < 1.29 is 19.0 Å². The van der Waals surface area contributed by atoms with Crippen LogP contribution >= 0.6 is 11.6 Å². The number of aromatic nitrogens is 1. The van der Waals surface area contributed by atoms with Gasteiger partial charge in [-0.3, -0.25) is 4.98 Å². The zero-order valence-electron chi connectivity index (χ0n) is 16.2. The number of nitrogens with two attached hydrogens (primary N) is 1. The fraction of sp³-hybridized carbons (Fsp3) is 0.182. The summed E-state index contributed by atoms with van der Waals surface area (Å²) in [5.41, 5.74) is 8.00. The average molecular weight is 413 g/mol. The number of carbonyl (C=O) groups excluding carboxylic acids is 1. The van der Waals surface area contributed by atoms with Gasteiger partial charge in [-0.25, -0.2) is 4.79 Å². The molecule has 150 valence electrons. The van der Waals surface area contributed by atoms with Gasteiger partial charge in [-0.2, -0.15) is 0 Å². The molecule has 0 fully saturated rings. The number of fused-ring (bicyclic) bond motifs is 1. The SMILES string of the molecule is C=C(CC)COc1cc2nccc(Oc3ccc(N)c(Cl)c3)c2cc1C(=O)OC. The molecule has 3 rings (SSSR count). The predicted molar refractivity (Wildman–Crippen MR) is 114 cm³/mol. The number of methoxy groups -OCH3 is 1. The minimum Gasteiger partial charge on any atom is -0.488 e. The molecule has 0 saturated carbocycles. The Labute approximate surface area is 173 Å². The van der Waals surface area contributed by atoms with E-state index in [0.717, 1.165) is 12.0 Å². The van der Waals surface area contributed by atoms with Crippen LogP contribution in [0.4, 0.5) is 5.69 Å². The van der Waals surface area contributed by atoms with Crippen molar-refractivity contribution in [3.8, 4) is 17.2 Å². The Morgan fingerprint density at radius 2 is 2.00 bits per heavy atom. The maximum absolute atomic E-state index is 12.3. The number of carbonyl (C=O) groups is 1. The van der Waals surface area contributed by atoms with Crippen molar-refractivity contribution in [3.05, 3.63) is 65.3 Å². The Morgan fingerprint density at radius 3 is 2.69 bits per heavy atom. The number of benzene rings is 2. The van der Waals surface area contributed by atoms with E-state index in [-0.39, 0.29) is 5.56 Å². The topological polar surface area (TPSA) is 83.7 Å². The van der Waals surface area contributed by atoms with E-state index >= 15 is 0 Å². The Morgan fingerprint density at radius 1 is 1.21 bits per heavy atom. The van der Waals surface area contributed by atoms with Gasteiger partial charge in [-0.1, -0.05) is 25.1 Å².